The molecule has 2 heterocycles. The van der Waals surface area contributed by atoms with E-state index in [0.717, 1.165) is 31.6 Å². The fourth-order valence-electron chi connectivity index (χ4n) is 2.95. The summed E-state index contributed by atoms with van der Waals surface area (Å²) in [6.07, 6.45) is 5.31. The third-order valence-electron chi connectivity index (χ3n) is 4.33. The van der Waals surface area contributed by atoms with Gasteiger partial charge in [-0.05, 0) is 49.2 Å². The Morgan fingerprint density at radius 1 is 1.12 bits per heavy atom. The Labute approximate surface area is 151 Å². The van der Waals surface area contributed by atoms with E-state index >= 15 is 0 Å². The van der Waals surface area contributed by atoms with Crippen LogP contribution in [0.25, 0.3) is 0 Å². The maximum Gasteiger partial charge on any atom is 0.251 e. The van der Waals surface area contributed by atoms with Gasteiger partial charge in [0.25, 0.3) is 5.91 Å². The summed E-state index contributed by atoms with van der Waals surface area (Å²) in [6, 6.07) is 10.5. The first-order valence-electron chi connectivity index (χ1n) is 8.50. The topological polar surface area (TPSA) is 94.6 Å². The van der Waals surface area contributed by atoms with Crippen LogP contribution in [0.4, 0.5) is 5.69 Å². The van der Waals surface area contributed by atoms with Crippen molar-refractivity contribution in [1.82, 2.24) is 10.3 Å². The van der Waals surface area contributed by atoms with E-state index in [0.29, 0.717) is 11.3 Å². The molecule has 1 amide bonds. The van der Waals surface area contributed by atoms with Gasteiger partial charge < -0.3 is 24.9 Å². The largest absolute Gasteiger partial charge is 0.546 e. The van der Waals surface area contributed by atoms with E-state index in [1.807, 2.05) is 12.1 Å². The summed E-state index contributed by atoms with van der Waals surface area (Å²) in [5.74, 6) is -1.04. The van der Waals surface area contributed by atoms with Gasteiger partial charge in [0.05, 0.1) is 5.97 Å². The Morgan fingerprint density at radius 3 is 2.38 bits per heavy atom. The van der Waals surface area contributed by atoms with E-state index in [4.69, 9.17) is 4.74 Å². The van der Waals surface area contributed by atoms with Gasteiger partial charge in [0, 0.05) is 42.8 Å². The zero-order valence-corrected chi connectivity index (χ0v) is 14.3. The van der Waals surface area contributed by atoms with Crippen molar-refractivity contribution in [2.24, 2.45) is 0 Å². The molecule has 1 aromatic carbocycles. The van der Waals surface area contributed by atoms with Crippen molar-refractivity contribution in [2.75, 3.05) is 24.6 Å². The second kappa shape index (κ2) is 8.33. The zero-order chi connectivity index (χ0) is 18.4. The number of hydrogen-bond acceptors (Lipinski definition) is 6. The summed E-state index contributed by atoms with van der Waals surface area (Å²) >= 11 is 0. The number of amides is 1. The Hall–Kier alpha value is -3.09. The normalized spacial score (nSPS) is 14.7. The molecule has 0 unspecified atom stereocenters. The van der Waals surface area contributed by atoms with Crippen LogP contribution in [0.1, 0.15) is 23.2 Å². The van der Waals surface area contributed by atoms with Crippen LogP contribution in [-0.4, -0.2) is 42.6 Å². The minimum atomic E-state index is -1.29. The maximum atomic E-state index is 12.4. The molecule has 2 aromatic rings. The number of carbonyl (C=O) groups is 2. The Balaban J connectivity index is 1.49. The third-order valence-corrected chi connectivity index (χ3v) is 4.33. The average Bonchev–Trinajstić information content (AvgIpc) is 2.68. The van der Waals surface area contributed by atoms with Crippen LogP contribution in [0.3, 0.4) is 0 Å². The molecule has 0 saturated carbocycles. The zero-order valence-electron chi connectivity index (χ0n) is 14.3. The van der Waals surface area contributed by atoms with Crippen LogP contribution in [0.15, 0.2) is 48.8 Å². The van der Waals surface area contributed by atoms with Gasteiger partial charge in [-0.2, -0.15) is 0 Å². The summed E-state index contributed by atoms with van der Waals surface area (Å²) in [7, 11) is 0. The number of ether oxygens (including phenoxy) is 1. The highest BCUT2D eigenvalue weighted by atomic mass is 16.5. The number of pyridine rings is 1. The van der Waals surface area contributed by atoms with Gasteiger partial charge in [-0.25, -0.2) is 0 Å². The van der Waals surface area contributed by atoms with Crippen LogP contribution in [-0.2, 0) is 4.79 Å². The lowest BCUT2D eigenvalue weighted by Crippen LogP contribution is -2.44. The Bertz CT molecular complexity index is 741. The molecular weight excluding hydrogens is 334 g/mol. The van der Waals surface area contributed by atoms with E-state index in [1.54, 1.807) is 36.7 Å². The number of piperidine rings is 1. The average molecular weight is 354 g/mol. The molecule has 3 rings (SSSR count). The molecule has 7 heteroatoms. The third kappa shape index (κ3) is 4.72. The minimum absolute atomic E-state index is 0.134. The predicted octanol–water partition coefficient (Wildman–Crippen LogP) is 0.609. The van der Waals surface area contributed by atoms with Crippen LogP contribution < -0.4 is 20.1 Å². The lowest BCUT2D eigenvalue weighted by atomic mass is 10.0. The van der Waals surface area contributed by atoms with Gasteiger partial charge in [-0.1, -0.05) is 0 Å². The van der Waals surface area contributed by atoms with Crippen molar-refractivity contribution < 1.29 is 19.4 Å². The SMILES string of the molecule is O=C([O-])COc1ccc(C(=O)NC2CCN(c3ccncc3)CC2)cc1. The molecule has 1 saturated heterocycles. The van der Waals surface area contributed by atoms with Crippen molar-refractivity contribution in [3.63, 3.8) is 0 Å². The summed E-state index contributed by atoms with van der Waals surface area (Å²) in [5.41, 5.74) is 1.67. The first-order chi connectivity index (χ1) is 12.6. The van der Waals surface area contributed by atoms with Crippen LogP contribution in [0, 0.1) is 0 Å². The van der Waals surface area contributed by atoms with Gasteiger partial charge in [-0.3, -0.25) is 9.78 Å². The first kappa shape index (κ1) is 17.7. The van der Waals surface area contributed by atoms with Crippen molar-refractivity contribution in [1.29, 1.82) is 0 Å². The van der Waals surface area contributed by atoms with E-state index in [1.165, 1.54) is 0 Å². The maximum absolute atomic E-state index is 12.4. The molecule has 7 nitrogen and oxygen atoms in total. The van der Waals surface area contributed by atoms with E-state index in [2.05, 4.69) is 15.2 Å². The smallest absolute Gasteiger partial charge is 0.251 e. The summed E-state index contributed by atoms with van der Waals surface area (Å²) < 4.78 is 5.00. The highest BCUT2D eigenvalue weighted by Gasteiger charge is 2.21. The second-order valence-electron chi connectivity index (χ2n) is 6.13. The fraction of sp³-hybridized carbons (Fsp3) is 0.316. The monoisotopic (exact) mass is 354 g/mol. The molecule has 1 fully saturated rings. The van der Waals surface area contributed by atoms with Crippen LogP contribution in [0.5, 0.6) is 5.75 Å². The Kier molecular flexibility index (Phi) is 5.68. The lowest BCUT2D eigenvalue weighted by Gasteiger charge is -2.33. The first-order valence-corrected chi connectivity index (χ1v) is 8.50. The van der Waals surface area contributed by atoms with Gasteiger partial charge in [0.1, 0.15) is 12.4 Å². The van der Waals surface area contributed by atoms with E-state index < -0.39 is 12.6 Å². The van der Waals surface area contributed by atoms with Crippen molar-refractivity contribution in [3.05, 3.63) is 54.4 Å². The van der Waals surface area contributed by atoms with Crippen molar-refractivity contribution in [2.45, 2.75) is 18.9 Å². The second-order valence-corrected chi connectivity index (χ2v) is 6.13. The number of aliphatic carboxylic acids is 1. The number of anilines is 1. The van der Waals surface area contributed by atoms with Crippen LogP contribution in [0.2, 0.25) is 0 Å². The molecule has 136 valence electrons. The van der Waals surface area contributed by atoms with E-state index in [9.17, 15) is 14.7 Å². The van der Waals surface area contributed by atoms with Crippen molar-refractivity contribution in [3.8, 4) is 5.75 Å². The van der Waals surface area contributed by atoms with E-state index in [-0.39, 0.29) is 11.9 Å². The lowest BCUT2D eigenvalue weighted by molar-refractivity contribution is -0.307. The number of nitrogens with zero attached hydrogens (tertiary/aromatic N) is 2. The number of hydrogen-bond donors (Lipinski definition) is 1. The van der Waals surface area contributed by atoms with Crippen molar-refractivity contribution >= 4 is 17.6 Å². The number of carbonyl (C=O) groups excluding carboxylic acids is 2. The molecular formula is C19H20N3O4-. The molecule has 1 aliphatic heterocycles. The summed E-state index contributed by atoms with van der Waals surface area (Å²) in [5, 5.41) is 13.4. The predicted molar refractivity (Wildman–Crippen MR) is 93.9 cm³/mol. The molecule has 0 aliphatic carbocycles. The highest BCUT2D eigenvalue weighted by Crippen LogP contribution is 2.19. The molecule has 26 heavy (non-hydrogen) atoms. The number of aromatic nitrogens is 1. The minimum Gasteiger partial charge on any atom is -0.546 e. The molecule has 1 aromatic heterocycles. The van der Waals surface area contributed by atoms with Crippen LogP contribution >= 0.6 is 0 Å². The molecule has 0 radical (unpaired) electrons. The number of carboxylic acid groups (broad SMARTS) is 1. The van der Waals surface area contributed by atoms with Gasteiger partial charge >= 0.3 is 0 Å². The highest BCUT2D eigenvalue weighted by molar-refractivity contribution is 5.94. The van der Waals surface area contributed by atoms with Gasteiger partial charge in [0.2, 0.25) is 0 Å². The quantitative estimate of drug-likeness (QED) is 0.817. The number of nitrogens with one attached hydrogen (secondary N) is 1. The molecule has 1 aliphatic rings. The fourth-order valence-corrected chi connectivity index (χ4v) is 2.95. The molecule has 0 spiro atoms. The van der Waals surface area contributed by atoms with Gasteiger partial charge in [-0.15, -0.1) is 0 Å². The molecule has 0 bridgehead atoms. The number of benzene rings is 1. The number of rotatable bonds is 6. The Morgan fingerprint density at radius 2 is 1.77 bits per heavy atom. The standard InChI is InChI=1S/C19H21N3O4/c23-18(24)13-26-17-3-1-14(2-4-17)19(25)21-15-7-11-22(12-8-15)16-5-9-20-10-6-16/h1-6,9-10,15H,7-8,11-13H2,(H,21,25)(H,23,24)/p-1. The molecule has 0 atom stereocenters. The summed E-state index contributed by atoms with van der Waals surface area (Å²) in [4.78, 5) is 29.1. The number of carboxylic acids is 1. The van der Waals surface area contributed by atoms with Gasteiger partial charge in [0.15, 0.2) is 0 Å². The molecule has 1 N–H and O–H groups in total. The summed E-state index contributed by atoms with van der Waals surface area (Å²) in [6.45, 7) is 1.25.